The lowest BCUT2D eigenvalue weighted by Gasteiger charge is -2.26. The minimum absolute atomic E-state index is 0.370. The first-order chi connectivity index (χ1) is 6.07. The molecule has 0 atom stereocenters. The number of alkyl halides is 2. The molecule has 1 amide bonds. The van der Waals surface area contributed by atoms with Crippen molar-refractivity contribution in [1.82, 2.24) is 4.90 Å². The van der Waals surface area contributed by atoms with Crippen LogP contribution in [0.1, 0.15) is 19.8 Å². The third-order valence-corrected chi connectivity index (χ3v) is 2.59. The summed E-state index contributed by atoms with van der Waals surface area (Å²) in [6, 6.07) is 2.13. The number of rotatable bonds is 3. The van der Waals surface area contributed by atoms with E-state index in [4.69, 9.17) is 28.5 Å². The van der Waals surface area contributed by atoms with Crippen molar-refractivity contribution in [2.75, 3.05) is 6.54 Å². The van der Waals surface area contributed by atoms with Crippen molar-refractivity contribution in [2.45, 2.75) is 30.1 Å². The van der Waals surface area contributed by atoms with Crippen LogP contribution in [-0.4, -0.2) is 27.7 Å². The van der Waals surface area contributed by atoms with Gasteiger partial charge in [0.05, 0.1) is 6.07 Å². The molecule has 1 saturated carbocycles. The van der Waals surface area contributed by atoms with Crippen molar-refractivity contribution < 1.29 is 4.79 Å². The fourth-order valence-electron chi connectivity index (χ4n) is 1.35. The molecule has 0 bridgehead atoms. The molecule has 3 nitrogen and oxygen atoms in total. The van der Waals surface area contributed by atoms with Crippen molar-refractivity contribution in [1.29, 1.82) is 5.26 Å². The van der Waals surface area contributed by atoms with Crippen LogP contribution in [0.3, 0.4) is 0 Å². The lowest BCUT2D eigenvalue weighted by Crippen LogP contribution is -2.43. The predicted octanol–water partition coefficient (Wildman–Crippen LogP) is 1.69. The van der Waals surface area contributed by atoms with Crippen LogP contribution in [0.5, 0.6) is 0 Å². The number of carbonyl (C=O) groups is 1. The van der Waals surface area contributed by atoms with E-state index in [-0.39, 0.29) is 5.91 Å². The van der Waals surface area contributed by atoms with Gasteiger partial charge in [0.15, 0.2) is 4.84 Å². The largest absolute Gasteiger partial charge is 0.322 e. The maximum absolute atomic E-state index is 11.4. The lowest BCUT2D eigenvalue weighted by molar-refractivity contribution is -0.131. The summed E-state index contributed by atoms with van der Waals surface area (Å²) in [5.41, 5.74) is -0.617. The van der Waals surface area contributed by atoms with Crippen molar-refractivity contribution in [3.63, 3.8) is 0 Å². The number of amides is 1. The Morgan fingerprint density at radius 3 is 2.46 bits per heavy atom. The van der Waals surface area contributed by atoms with Crippen molar-refractivity contribution in [3.8, 4) is 6.07 Å². The Labute approximate surface area is 87.2 Å². The van der Waals surface area contributed by atoms with Crippen molar-refractivity contribution >= 4 is 29.1 Å². The summed E-state index contributed by atoms with van der Waals surface area (Å²) in [6.45, 7) is 2.29. The molecule has 1 fully saturated rings. The van der Waals surface area contributed by atoms with E-state index in [1.807, 2.05) is 6.92 Å². The number of carbonyl (C=O) groups excluding carboxylic acids is 1. The molecular weight excluding hydrogens is 211 g/mol. The van der Waals surface area contributed by atoms with E-state index in [9.17, 15) is 4.79 Å². The summed E-state index contributed by atoms with van der Waals surface area (Å²) in [5, 5.41) is 8.86. The average Bonchev–Trinajstić information content (AvgIpc) is 2.86. The third kappa shape index (κ3) is 1.90. The number of hydrogen-bond donors (Lipinski definition) is 0. The van der Waals surface area contributed by atoms with Gasteiger partial charge in [0.25, 0.3) is 5.91 Å². The zero-order valence-electron chi connectivity index (χ0n) is 7.26. The zero-order valence-corrected chi connectivity index (χ0v) is 8.77. The maximum atomic E-state index is 11.4. The Bertz CT molecular complexity index is 255. The van der Waals surface area contributed by atoms with E-state index < -0.39 is 10.4 Å². The van der Waals surface area contributed by atoms with Crippen LogP contribution in [-0.2, 0) is 4.79 Å². The van der Waals surface area contributed by atoms with Gasteiger partial charge >= 0.3 is 0 Å². The highest BCUT2D eigenvalue weighted by Gasteiger charge is 2.51. The first-order valence-electron chi connectivity index (χ1n) is 4.08. The number of hydrogen-bond acceptors (Lipinski definition) is 2. The van der Waals surface area contributed by atoms with Crippen molar-refractivity contribution in [3.05, 3.63) is 0 Å². The van der Waals surface area contributed by atoms with Gasteiger partial charge in [-0.05, 0) is 19.8 Å². The third-order valence-electron chi connectivity index (χ3n) is 2.22. The molecule has 0 aromatic carbocycles. The summed E-state index contributed by atoms with van der Waals surface area (Å²) in [7, 11) is 0. The first kappa shape index (κ1) is 10.6. The van der Waals surface area contributed by atoms with Gasteiger partial charge in [0.1, 0.15) is 5.54 Å². The highest BCUT2D eigenvalue weighted by Crippen LogP contribution is 2.41. The molecule has 0 spiro atoms. The molecule has 1 aliphatic carbocycles. The van der Waals surface area contributed by atoms with E-state index in [1.165, 1.54) is 4.90 Å². The van der Waals surface area contributed by atoms with Crippen LogP contribution in [0.25, 0.3) is 0 Å². The van der Waals surface area contributed by atoms with Gasteiger partial charge in [0.2, 0.25) is 0 Å². The van der Waals surface area contributed by atoms with Crippen LogP contribution >= 0.6 is 23.2 Å². The fourth-order valence-corrected chi connectivity index (χ4v) is 1.58. The van der Waals surface area contributed by atoms with E-state index >= 15 is 0 Å². The second kappa shape index (κ2) is 3.73. The van der Waals surface area contributed by atoms with E-state index in [0.717, 1.165) is 12.8 Å². The smallest absolute Gasteiger partial charge is 0.257 e. The van der Waals surface area contributed by atoms with E-state index in [2.05, 4.69) is 6.07 Å². The Kier molecular flexibility index (Phi) is 3.05. The fraction of sp³-hybridized carbons (Fsp3) is 0.750. The van der Waals surface area contributed by atoms with Gasteiger partial charge in [-0.2, -0.15) is 5.26 Å². The molecule has 1 rings (SSSR count). The van der Waals surface area contributed by atoms with E-state index in [1.54, 1.807) is 0 Å². The van der Waals surface area contributed by atoms with Crippen LogP contribution in [0.15, 0.2) is 0 Å². The maximum Gasteiger partial charge on any atom is 0.257 e. The van der Waals surface area contributed by atoms with Gasteiger partial charge in [0, 0.05) is 6.54 Å². The number of halogens is 2. The van der Waals surface area contributed by atoms with E-state index in [0.29, 0.717) is 6.54 Å². The molecule has 0 aromatic heterocycles. The standard InChI is InChI=1S/C8H10Cl2N2O/c1-2-12(7(13)6(9)10)8(5-11)3-4-8/h6H,2-4H2,1H3. The molecular formula is C8H10Cl2N2O. The molecule has 72 valence electrons. The van der Waals surface area contributed by atoms with Crippen LogP contribution in [0.4, 0.5) is 0 Å². The summed E-state index contributed by atoms with van der Waals surface area (Å²) < 4.78 is 0. The lowest BCUT2D eigenvalue weighted by atomic mass is 10.2. The van der Waals surface area contributed by atoms with Crippen LogP contribution < -0.4 is 0 Å². The van der Waals surface area contributed by atoms with Gasteiger partial charge in [-0.3, -0.25) is 4.79 Å². The Balaban J connectivity index is 2.75. The average molecular weight is 221 g/mol. The molecule has 0 aliphatic heterocycles. The van der Waals surface area contributed by atoms with Gasteiger partial charge in [-0.25, -0.2) is 0 Å². The Morgan fingerprint density at radius 2 is 2.23 bits per heavy atom. The quantitative estimate of drug-likeness (QED) is 0.680. The highest BCUT2D eigenvalue weighted by molar-refractivity contribution is 6.53. The monoisotopic (exact) mass is 220 g/mol. The molecule has 0 heterocycles. The molecule has 13 heavy (non-hydrogen) atoms. The normalized spacial score (nSPS) is 18.1. The highest BCUT2D eigenvalue weighted by atomic mass is 35.5. The molecule has 5 heteroatoms. The topological polar surface area (TPSA) is 44.1 Å². The second-order valence-electron chi connectivity index (χ2n) is 3.03. The Hall–Kier alpha value is -0.460. The molecule has 0 radical (unpaired) electrons. The SMILES string of the molecule is CCN(C(=O)C(Cl)Cl)C1(C#N)CC1. The number of nitrogens with zero attached hydrogens (tertiary/aromatic N) is 2. The first-order valence-corrected chi connectivity index (χ1v) is 4.95. The van der Waals surface area contributed by atoms with Gasteiger partial charge in [-0.1, -0.05) is 23.2 Å². The molecule has 0 saturated heterocycles. The molecule has 1 aliphatic rings. The number of nitriles is 1. The summed E-state index contributed by atoms with van der Waals surface area (Å²) in [6.07, 6.45) is 1.45. The van der Waals surface area contributed by atoms with Crippen LogP contribution in [0.2, 0.25) is 0 Å². The van der Waals surface area contributed by atoms with Crippen molar-refractivity contribution in [2.24, 2.45) is 0 Å². The van der Waals surface area contributed by atoms with Gasteiger partial charge < -0.3 is 4.90 Å². The summed E-state index contributed by atoms with van der Waals surface area (Å²) in [4.78, 5) is 11.8. The minimum Gasteiger partial charge on any atom is -0.322 e. The molecule has 0 N–H and O–H groups in total. The summed E-state index contributed by atoms with van der Waals surface area (Å²) in [5.74, 6) is -0.370. The minimum atomic E-state index is -1.06. The van der Waals surface area contributed by atoms with Crippen LogP contribution in [0, 0.1) is 11.3 Å². The Morgan fingerprint density at radius 1 is 1.69 bits per heavy atom. The molecule has 0 unspecified atom stereocenters. The predicted molar refractivity (Wildman–Crippen MR) is 50.5 cm³/mol. The summed E-state index contributed by atoms with van der Waals surface area (Å²) >= 11 is 10.9. The molecule has 0 aromatic rings. The second-order valence-corrected chi connectivity index (χ2v) is 4.12. The van der Waals surface area contributed by atoms with Gasteiger partial charge in [-0.15, -0.1) is 0 Å². The zero-order chi connectivity index (χ0) is 10.1.